The number of hydrogen-bond acceptors (Lipinski definition) is 5. The zero-order chi connectivity index (χ0) is 28.3. The largest absolute Gasteiger partial charge is 0.487 e. The summed E-state index contributed by atoms with van der Waals surface area (Å²) in [4.78, 5) is 30.3. The number of benzene rings is 1. The van der Waals surface area contributed by atoms with Gasteiger partial charge in [0.15, 0.2) is 0 Å². The van der Waals surface area contributed by atoms with Gasteiger partial charge in [-0.05, 0) is 64.2 Å². The van der Waals surface area contributed by atoms with Crippen molar-refractivity contribution in [1.29, 1.82) is 0 Å². The van der Waals surface area contributed by atoms with Crippen molar-refractivity contribution in [3.63, 3.8) is 0 Å². The third kappa shape index (κ3) is 7.39. The minimum absolute atomic E-state index is 0.103. The molecule has 2 amide bonds. The minimum atomic E-state index is -4.51. The molecule has 8 nitrogen and oxygen atoms in total. The Bertz CT molecular complexity index is 1050. The third-order valence-corrected chi connectivity index (χ3v) is 7.47. The molecule has 3 rings (SSSR count). The molecule has 1 saturated carbocycles. The van der Waals surface area contributed by atoms with Crippen molar-refractivity contribution in [2.75, 3.05) is 13.7 Å². The van der Waals surface area contributed by atoms with Crippen LogP contribution in [0.2, 0.25) is 0 Å². The van der Waals surface area contributed by atoms with Crippen molar-refractivity contribution in [3.8, 4) is 5.75 Å². The molecule has 0 radical (unpaired) electrons. The Kier molecular flexibility index (Phi) is 9.00. The van der Waals surface area contributed by atoms with Crippen LogP contribution in [-0.2, 0) is 20.5 Å². The highest BCUT2D eigenvalue weighted by Crippen LogP contribution is 2.46. The SMILES string of the molecule is CC[C@](C)(CC(=O)N[C@H](CCOC)[C@@H]1C[C@H]1C(=O)NC1CC(C)(C)Oc2ccc(C(F)(F)F)cc21)N=CN. The number of halogens is 3. The first-order valence-corrected chi connectivity index (χ1v) is 13.0. The topological polar surface area (TPSA) is 115 Å². The van der Waals surface area contributed by atoms with Gasteiger partial charge in [-0.2, -0.15) is 13.2 Å². The first-order chi connectivity index (χ1) is 17.7. The van der Waals surface area contributed by atoms with Crippen molar-refractivity contribution in [3.05, 3.63) is 29.3 Å². The van der Waals surface area contributed by atoms with E-state index in [9.17, 15) is 22.8 Å². The van der Waals surface area contributed by atoms with Gasteiger partial charge in [0.2, 0.25) is 11.8 Å². The summed E-state index contributed by atoms with van der Waals surface area (Å²) in [7, 11) is 1.57. The molecule has 1 unspecified atom stereocenters. The van der Waals surface area contributed by atoms with E-state index in [4.69, 9.17) is 15.2 Å². The lowest BCUT2D eigenvalue weighted by Gasteiger charge is -2.38. The Morgan fingerprint density at radius 3 is 2.66 bits per heavy atom. The van der Waals surface area contributed by atoms with Crippen molar-refractivity contribution >= 4 is 18.2 Å². The molecule has 0 aromatic heterocycles. The summed E-state index contributed by atoms with van der Waals surface area (Å²) in [6.07, 6.45) is -1.10. The molecule has 0 spiro atoms. The van der Waals surface area contributed by atoms with E-state index in [0.717, 1.165) is 12.1 Å². The average Bonchev–Trinajstić information content (AvgIpc) is 3.61. The molecule has 38 heavy (non-hydrogen) atoms. The van der Waals surface area contributed by atoms with E-state index in [-0.39, 0.29) is 36.1 Å². The predicted molar refractivity (Wildman–Crippen MR) is 138 cm³/mol. The minimum Gasteiger partial charge on any atom is -0.487 e. The van der Waals surface area contributed by atoms with Gasteiger partial charge >= 0.3 is 6.18 Å². The zero-order valence-corrected chi connectivity index (χ0v) is 22.7. The van der Waals surface area contributed by atoms with Gasteiger partial charge in [0.1, 0.15) is 11.4 Å². The Morgan fingerprint density at radius 1 is 1.34 bits per heavy atom. The maximum absolute atomic E-state index is 13.4. The first-order valence-electron chi connectivity index (χ1n) is 13.0. The number of nitrogens with zero attached hydrogens (tertiary/aromatic N) is 1. The number of ether oxygens (including phenoxy) is 2. The number of nitrogens with one attached hydrogen (secondary N) is 2. The maximum Gasteiger partial charge on any atom is 0.416 e. The quantitative estimate of drug-likeness (QED) is 0.289. The molecule has 212 valence electrons. The van der Waals surface area contributed by atoms with E-state index < -0.39 is 28.9 Å². The summed E-state index contributed by atoms with van der Waals surface area (Å²) in [5.41, 5.74) is 3.68. The Balaban J connectivity index is 1.71. The van der Waals surface area contributed by atoms with Gasteiger partial charge in [0.05, 0.1) is 29.9 Å². The fourth-order valence-corrected chi connectivity index (χ4v) is 5.08. The molecular weight excluding hydrogens is 501 g/mol. The summed E-state index contributed by atoms with van der Waals surface area (Å²) in [6.45, 7) is 7.86. The van der Waals surface area contributed by atoms with Gasteiger partial charge in [-0.25, -0.2) is 0 Å². The molecule has 2 aliphatic rings. The van der Waals surface area contributed by atoms with Crippen LogP contribution in [0.5, 0.6) is 5.75 Å². The molecule has 0 saturated heterocycles. The number of carbonyl (C=O) groups excluding carboxylic acids is 2. The third-order valence-electron chi connectivity index (χ3n) is 7.47. The monoisotopic (exact) mass is 540 g/mol. The summed E-state index contributed by atoms with van der Waals surface area (Å²) >= 11 is 0. The fraction of sp³-hybridized carbons (Fsp3) is 0.667. The molecule has 11 heteroatoms. The van der Waals surface area contributed by atoms with Crippen molar-refractivity contribution in [2.45, 2.75) is 89.2 Å². The number of aliphatic imine (C=N–C) groups is 1. The molecule has 1 aromatic carbocycles. The van der Waals surface area contributed by atoms with Gasteiger partial charge in [-0.3, -0.25) is 14.6 Å². The molecular formula is C27H39F3N4O4. The molecule has 1 heterocycles. The number of hydrogen-bond donors (Lipinski definition) is 3. The Morgan fingerprint density at radius 2 is 2.05 bits per heavy atom. The highest BCUT2D eigenvalue weighted by Gasteiger charge is 2.49. The smallest absolute Gasteiger partial charge is 0.416 e. The average molecular weight is 541 g/mol. The van der Waals surface area contributed by atoms with E-state index >= 15 is 0 Å². The molecule has 1 aliphatic heterocycles. The summed E-state index contributed by atoms with van der Waals surface area (Å²) in [6, 6.07) is 2.44. The lowest BCUT2D eigenvalue weighted by atomic mass is 9.88. The second kappa shape index (κ2) is 11.5. The van der Waals surface area contributed by atoms with Crippen LogP contribution in [0.4, 0.5) is 13.2 Å². The van der Waals surface area contributed by atoms with Crippen LogP contribution in [0, 0.1) is 11.8 Å². The number of carbonyl (C=O) groups is 2. The number of nitrogens with two attached hydrogens (primary N) is 1. The van der Waals surface area contributed by atoms with E-state index in [0.29, 0.717) is 43.6 Å². The van der Waals surface area contributed by atoms with Gasteiger partial charge in [0.25, 0.3) is 0 Å². The standard InChI is InChI=1S/C27H39F3N4O4/c1-6-26(4,32-15-31)14-23(35)33-20(9-10-37-5)17-12-18(17)24(36)34-21-13-25(2,3)38-22-8-7-16(11-19(21)22)27(28,29)30/h7-8,11,15,17-18,20-21H,6,9-10,12-14H2,1-5H3,(H2,31,32)(H,33,35)(H,34,36)/t17-,18-,20-,21?,26-/m1/s1. The van der Waals surface area contributed by atoms with Gasteiger partial charge in [-0.15, -0.1) is 0 Å². The second-order valence-electron chi connectivity index (χ2n) is 11.1. The van der Waals surface area contributed by atoms with Gasteiger partial charge in [-0.1, -0.05) is 6.92 Å². The van der Waals surface area contributed by atoms with Crippen molar-refractivity contribution in [2.24, 2.45) is 22.6 Å². The van der Waals surface area contributed by atoms with E-state index in [1.54, 1.807) is 7.11 Å². The number of fused-ring (bicyclic) bond motifs is 1. The van der Waals surface area contributed by atoms with Crippen molar-refractivity contribution < 1.29 is 32.2 Å². The van der Waals surface area contributed by atoms with E-state index in [1.807, 2.05) is 27.7 Å². The van der Waals surface area contributed by atoms with Crippen LogP contribution in [0.1, 0.15) is 77.0 Å². The van der Waals surface area contributed by atoms with E-state index in [2.05, 4.69) is 15.6 Å². The predicted octanol–water partition coefficient (Wildman–Crippen LogP) is 4.13. The zero-order valence-electron chi connectivity index (χ0n) is 22.7. The molecule has 1 aliphatic carbocycles. The lowest BCUT2D eigenvalue weighted by Crippen LogP contribution is -2.43. The molecule has 0 bridgehead atoms. The first kappa shape index (κ1) is 29.7. The van der Waals surface area contributed by atoms with Crippen LogP contribution in [-0.4, -0.2) is 49.1 Å². The summed E-state index contributed by atoms with van der Waals surface area (Å²) in [5.74, 6) is -0.571. The normalized spacial score (nSPS) is 24.6. The van der Waals surface area contributed by atoms with Gasteiger partial charge in [0, 0.05) is 37.7 Å². The van der Waals surface area contributed by atoms with Crippen LogP contribution in [0.25, 0.3) is 0 Å². The highest BCUT2D eigenvalue weighted by molar-refractivity contribution is 5.83. The maximum atomic E-state index is 13.4. The number of methoxy groups -OCH3 is 1. The van der Waals surface area contributed by atoms with Crippen LogP contribution >= 0.6 is 0 Å². The van der Waals surface area contributed by atoms with Crippen LogP contribution in [0.3, 0.4) is 0 Å². The van der Waals surface area contributed by atoms with Crippen molar-refractivity contribution in [1.82, 2.24) is 10.6 Å². The fourth-order valence-electron chi connectivity index (χ4n) is 5.08. The van der Waals surface area contributed by atoms with Gasteiger partial charge < -0.3 is 25.8 Å². The Hall–Kier alpha value is -2.82. The Labute approximate surface area is 221 Å². The number of rotatable bonds is 11. The second-order valence-corrected chi connectivity index (χ2v) is 11.1. The van der Waals surface area contributed by atoms with Crippen LogP contribution < -0.4 is 21.1 Å². The number of alkyl halides is 3. The van der Waals surface area contributed by atoms with E-state index in [1.165, 1.54) is 12.4 Å². The highest BCUT2D eigenvalue weighted by atomic mass is 19.4. The molecule has 1 fully saturated rings. The molecule has 1 aromatic rings. The number of amides is 2. The summed E-state index contributed by atoms with van der Waals surface area (Å²) < 4.78 is 51.2. The van der Waals surface area contributed by atoms with Crippen LogP contribution in [0.15, 0.2) is 23.2 Å². The molecule has 4 N–H and O–H groups in total. The molecule has 5 atom stereocenters. The lowest BCUT2D eigenvalue weighted by molar-refractivity contribution is -0.137. The summed E-state index contributed by atoms with van der Waals surface area (Å²) in [5, 5.41) is 6.01.